The van der Waals surface area contributed by atoms with Crippen LogP contribution in [0.25, 0.3) is 0 Å². The molecule has 1 unspecified atom stereocenters. The van der Waals surface area contributed by atoms with Crippen LogP contribution in [0, 0.1) is 6.92 Å². The van der Waals surface area contributed by atoms with Gasteiger partial charge >= 0.3 is 0 Å². The van der Waals surface area contributed by atoms with E-state index in [4.69, 9.17) is 17.3 Å². The molecule has 0 saturated carbocycles. The Morgan fingerprint density at radius 1 is 1.54 bits per heavy atom. The lowest BCUT2D eigenvalue weighted by Gasteiger charge is -2.14. The molecule has 0 radical (unpaired) electrons. The highest BCUT2D eigenvalue weighted by Gasteiger charge is 2.14. The van der Waals surface area contributed by atoms with Crippen LogP contribution in [0.1, 0.15) is 30.5 Å². The SMILES string of the molecule is CCC(N)c1c(Cl)ccc(C)c1O. The molecule has 0 saturated heterocycles. The largest absolute Gasteiger partial charge is 0.507 e. The fourth-order valence-electron chi connectivity index (χ4n) is 1.25. The third-order valence-corrected chi connectivity index (χ3v) is 2.51. The quantitative estimate of drug-likeness (QED) is 0.770. The number of halogens is 1. The van der Waals surface area contributed by atoms with E-state index in [1.807, 2.05) is 13.8 Å². The van der Waals surface area contributed by atoms with Crippen molar-refractivity contribution < 1.29 is 5.11 Å². The van der Waals surface area contributed by atoms with Gasteiger partial charge in [-0.3, -0.25) is 0 Å². The molecule has 2 nitrogen and oxygen atoms in total. The van der Waals surface area contributed by atoms with E-state index >= 15 is 0 Å². The van der Waals surface area contributed by atoms with Gasteiger partial charge in [0.05, 0.1) is 0 Å². The molecular formula is C10H14ClNO. The van der Waals surface area contributed by atoms with E-state index in [0.29, 0.717) is 10.6 Å². The van der Waals surface area contributed by atoms with Crippen LogP contribution in [-0.4, -0.2) is 5.11 Å². The van der Waals surface area contributed by atoms with E-state index in [-0.39, 0.29) is 11.8 Å². The zero-order valence-electron chi connectivity index (χ0n) is 7.84. The standard InChI is InChI=1S/C10H14ClNO/c1-3-8(12)9-7(11)5-4-6(2)10(9)13/h4-5,8,13H,3,12H2,1-2H3. The zero-order valence-corrected chi connectivity index (χ0v) is 8.60. The summed E-state index contributed by atoms with van der Waals surface area (Å²) < 4.78 is 0. The van der Waals surface area contributed by atoms with Crippen LogP contribution in [0.3, 0.4) is 0 Å². The molecule has 0 heterocycles. The monoisotopic (exact) mass is 199 g/mol. The van der Waals surface area contributed by atoms with Gasteiger partial charge in [0.1, 0.15) is 5.75 Å². The molecule has 0 aliphatic heterocycles. The van der Waals surface area contributed by atoms with Crippen LogP contribution >= 0.6 is 11.6 Å². The van der Waals surface area contributed by atoms with Gasteiger partial charge in [0.25, 0.3) is 0 Å². The minimum Gasteiger partial charge on any atom is -0.507 e. The van der Waals surface area contributed by atoms with Crippen LogP contribution in [0.15, 0.2) is 12.1 Å². The second-order valence-corrected chi connectivity index (χ2v) is 3.55. The van der Waals surface area contributed by atoms with Crippen LogP contribution in [0.4, 0.5) is 0 Å². The van der Waals surface area contributed by atoms with Crippen molar-refractivity contribution in [2.45, 2.75) is 26.3 Å². The summed E-state index contributed by atoms with van der Waals surface area (Å²) in [6, 6.07) is 3.36. The van der Waals surface area contributed by atoms with E-state index < -0.39 is 0 Å². The van der Waals surface area contributed by atoms with Gasteiger partial charge < -0.3 is 10.8 Å². The molecule has 0 aromatic heterocycles. The molecule has 1 atom stereocenters. The third kappa shape index (κ3) is 1.95. The number of aryl methyl sites for hydroxylation is 1. The minimum atomic E-state index is -0.188. The van der Waals surface area contributed by atoms with Crippen molar-refractivity contribution in [3.8, 4) is 5.75 Å². The lowest BCUT2D eigenvalue weighted by molar-refractivity contribution is 0.456. The minimum absolute atomic E-state index is 0.188. The Morgan fingerprint density at radius 3 is 2.69 bits per heavy atom. The van der Waals surface area contributed by atoms with Gasteiger partial charge in [-0.2, -0.15) is 0 Å². The molecule has 1 rings (SSSR count). The molecule has 0 amide bonds. The van der Waals surface area contributed by atoms with Crippen molar-refractivity contribution >= 4 is 11.6 Å². The summed E-state index contributed by atoms with van der Waals surface area (Å²) >= 11 is 5.94. The van der Waals surface area contributed by atoms with E-state index in [2.05, 4.69) is 0 Å². The van der Waals surface area contributed by atoms with Crippen LogP contribution in [-0.2, 0) is 0 Å². The maximum atomic E-state index is 9.72. The van der Waals surface area contributed by atoms with Gasteiger partial charge in [-0.05, 0) is 25.0 Å². The predicted molar refractivity (Wildman–Crippen MR) is 55.1 cm³/mol. The highest BCUT2D eigenvalue weighted by molar-refractivity contribution is 6.31. The van der Waals surface area contributed by atoms with E-state index in [0.717, 1.165) is 12.0 Å². The first kappa shape index (κ1) is 10.4. The Bertz CT molecular complexity index is 312. The van der Waals surface area contributed by atoms with E-state index in [9.17, 15) is 5.11 Å². The Kier molecular flexibility index (Phi) is 3.17. The molecular weight excluding hydrogens is 186 g/mol. The number of aromatic hydroxyl groups is 1. The first-order valence-corrected chi connectivity index (χ1v) is 4.69. The fraction of sp³-hybridized carbons (Fsp3) is 0.400. The second kappa shape index (κ2) is 3.99. The summed E-state index contributed by atoms with van der Waals surface area (Å²) in [6.45, 7) is 3.79. The molecule has 0 bridgehead atoms. The van der Waals surface area contributed by atoms with Crippen molar-refractivity contribution in [2.24, 2.45) is 5.73 Å². The molecule has 1 aromatic rings. The lowest BCUT2D eigenvalue weighted by Crippen LogP contribution is -2.09. The van der Waals surface area contributed by atoms with Gasteiger partial charge in [-0.1, -0.05) is 24.6 Å². The Hall–Kier alpha value is -0.730. The molecule has 3 N–H and O–H groups in total. The number of phenolic OH excluding ortho intramolecular Hbond substituents is 1. The van der Waals surface area contributed by atoms with Gasteiger partial charge in [-0.25, -0.2) is 0 Å². The summed E-state index contributed by atoms with van der Waals surface area (Å²) in [6.07, 6.45) is 0.761. The van der Waals surface area contributed by atoms with Crippen molar-refractivity contribution in [3.05, 3.63) is 28.3 Å². The van der Waals surface area contributed by atoms with Crippen LogP contribution < -0.4 is 5.73 Å². The molecule has 0 fully saturated rings. The molecule has 0 aliphatic carbocycles. The van der Waals surface area contributed by atoms with E-state index in [1.165, 1.54) is 0 Å². The van der Waals surface area contributed by atoms with Gasteiger partial charge in [0.2, 0.25) is 0 Å². The Labute approximate surface area is 83.3 Å². The third-order valence-electron chi connectivity index (χ3n) is 2.18. The van der Waals surface area contributed by atoms with E-state index in [1.54, 1.807) is 12.1 Å². The summed E-state index contributed by atoms with van der Waals surface area (Å²) in [5.74, 6) is 0.224. The number of hydrogen-bond donors (Lipinski definition) is 2. The van der Waals surface area contributed by atoms with Crippen molar-refractivity contribution in [2.75, 3.05) is 0 Å². The first-order valence-electron chi connectivity index (χ1n) is 4.31. The van der Waals surface area contributed by atoms with Crippen molar-refractivity contribution in [1.82, 2.24) is 0 Å². The summed E-state index contributed by atoms with van der Waals surface area (Å²) in [4.78, 5) is 0. The van der Waals surface area contributed by atoms with Gasteiger partial charge in [-0.15, -0.1) is 0 Å². The summed E-state index contributed by atoms with van der Waals surface area (Å²) in [5, 5.41) is 10.3. The van der Waals surface area contributed by atoms with Crippen molar-refractivity contribution in [3.63, 3.8) is 0 Å². The second-order valence-electron chi connectivity index (χ2n) is 3.14. The Morgan fingerprint density at radius 2 is 2.15 bits per heavy atom. The van der Waals surface area contributed by atoms with Gasteiger partial charge in [0.15, 0.2) is 0 Å². The number of phenols is 1. The molecule has 1 aromatic carbocycles. The topological polar surface area (TPSA) is 46.2 Å². The maximum absolute atomic E-state index is 9.72. The smallest absolute Gasteiger partial charge is 0.124 e. The number of hydrogen-bond acceptors (Lipinski definition) is 2. The molecule has 0 spiro atoms. The maximum Gasteiger partial charge on any atom is 0.124 e. The highest BCUT2D eigenvalue weighted by Crippen LogP contribution is 2.34. The molecule has 0 aliphatic rings. The zero-order chi connectivity index (χ0) is 10.0. The normalized spacial score (nSPS) is 12.9. The van der Waals surface area contributed by atoms with Crippen LogP contribution in [0.5, 0.6) is 5.75 Å². The average Bonchev–Trinajstić information content (AvgIpc) is 2.12. The Balaban J connectivity index is 3.25. The molecule has 72 valence electrons. The fourth-order valence-corrected chi connectivity index (χ4v) is 1.54. The molecule has 3 heteroatoms. The van der Waals surface area contributed by atoms with Crippen LogP contribution in [0.2, 0.25) is 5.02 Å². The lowest BCUT2D eigenvalue weighted by atomic mass is 10.0. The predicted octanol–water partition coefficient (Wildman–Crippen LogP) is 2.76. The number of benzene rings is 1. The highest BCUT2D eigenvalue weighted by atomic mass is 35.5. The van der Waals surface area contributed by atoms with Gasteiger partial charge in [0, 0.05) is 16.6 Å². The first-order chi connectivity index (χ1) is 6.07. The average molecular weight is 200 g/mol. The summed E-state index contributed by atoms with van der Waals surface area (Å²) in [7, 11) is 0. The number of rotatable bonds is 2. The molecule has 13 heavy (non-hydrogen) atoms. The van der Waals surface area contributed by atoms with Crippen molar-refractivity contribution in [1.29, 1.82) is 0 Å². The number of nitrogens with two attached hydrogens (primary N) is 1. The summed E-state index contributed by atoms with van der Waals surface area (Å²) in [5.41, 5.74) is 7.29.